The predicted molar refractivity (Wildman–Crippen MR) is 69.6 cm³/mol. The Morgan fingerprint density at radius 1 is 1.50 bits per heavy atom. The van der Waals surface area contributed by atoms with E-state index in [0.717, 1.165) is 24.2 Å². The Morgan fingerprint density at radius 2 is 2.22 bits per heavy atom. The molecule has 0 aromatic carbocycles. The molecule has 1 aliphatic rings. The monoisotopic (exact) mass is 248 g/mol. The van der Waals surface area contributed by atoms with Gasteiger partial charge in [-0.05, 0) is 17.4 Å². The summed E-state index contributed by atoms with van der Waals surface area (Å²) in [5, 5.41) is 0. The smallest absolute Gasteiger partial charge is 0.223 e. The van der Waals surface area contributed by atoms with E-state index in [1.165, 1.54) is 0 Å². The first-order valence-corrected chi connectivity index (χ1v) is 6.23. The Kier molecular flexibility index (Phi) is 3.24. The summed E-state index contributed by atoms with van der Waals surface area (Å²) in [5.74, 6) is 0.462. The minimum Gasteiger partial charge on any atom is -0.368 e. The second kappa shape index (κ2) is 4.55. The maximum atomic E-state index is 12.2. The Labute approximate surface area is 107 Å². The van der Waals surface area contributed by atoms with Gasteiger partial charge < -0.3 is 10.6 Å². The fourth-order valence-corrected chi connectivity index (χ4v) is 2.10. The lowest BCUT2D eigenvalue weighted by Crippen LogP contribution is -2.38. The first-order valence-electron chi connectivity index (χ1n) is 6.23. The number of nitrogens with two attached hydrogens (primary N) is 1. The van der Waals surface area contributed by atoms with Crippen LogP contribution in [0, 0.1) is 5.41 Å². The van der Waals surface area contributed by atoms with Crippen LogP contribution in [-0.4, -0.2) is 27.3 Å². The van der Waals surface area contributed by atoms with Crippen molar-refractivity contribution < 1.29 is 4.79 Å². The number of hydrogen-bond acceptors (Lipinski definition) is 4. The molecule has 0 saturated carbocycles. The molecule has 0 atom stereocenters. The van der Waals surface area contributed by atoms with Crippen LogP contribution in [0.1, 0.15) is 38.4 Å². The lowest BCUT2D eigenvalue weighted by molar-refractivity contribution is -0.134. The van der Waals surface area contributed by atoms with Crippen molar-refractivity contribution in [1.29, 1.82) is 0 Å². The van der Waals surface area contributed by atoms with Crippen LogP contribution in [0.25, 0.3) is 0 Å². The van der Waals surface area contributed by atoms with E-state index in [-0.39, 0.29) is 17.3 Å². The van der Waals surface area contributed by atoms with Crippen LogP contribution in [0.15, 0.2) is 6.20 Å². The van der Waals surface area contributed by atoms with E-state index in [9.17, 15) is 4.79 Å². The lowest BCUT2D eigenvalue weighted by atomic mass is 9.91. The lowest BCUT2D eigenvalue weighted by Gasteiger charge is -2.30. The highest BCUT2D eigenvalue weighted by Gasteiger charge is 2.25. The molecule has 18 heavy (non-hydrogen) atoms. The summed E-state index contributed by atoms with van der Waals surface area (Å²) in [6.45, 7) is 7.51. The van der Waals surface area contributed by atoms with Gasteiger partial charge in [0.15, 0.2) is 0 Å². The van der Waals surface area contributed by atoms with Crippen LogP contribution < -0.4 is 5.73 Å². The van der Waals surface area contributed by atoms with Crippen molar-refractivity contribution in [1.82, 2.24) is 14.9 Å². The molecule has 1 aromatic heterocycles. The molecule has 2 N–H and O–H groups in total. The largest absolute Gasteiger partial charge is 0.368 e. The van der Waals surface area contributed by atoms with Gasteiger partial charge >= 0.3 is 0 Å². The quantitative estimate of drug-likeness (QED) is 0.815. The van der Waals surface area contributed by atoms with Gasteiger partial charge in [0, 0.05) is 19.2 Å². The number of hydrogen-bond donors (Lipinski definition) is 1. The Hall–Kier alpha value is -1.65. The van der Waals surface area contributed by atoms with Crippen LogP contribution >= 0.6 is 0 Å². The number of carbonyl (C=O) groups is 1. The van der Waals surface area contributed by atoms with Crippen molar-refractivity contribution in [2.75, 3.05) is 12.3 Å². The van der Waals surface area contributed by atoms with Gasteiger partial charge in [0.05, 0.1) is 12.2 Å². The topological polar surface area (TPSA) is 72.1 Å². The number of anilines is 1. The summed E-state index contributed by atoms with van der Waals surface area (Å²) in [4.78, 5) is 22.2. The number of nitrogen functional groups attached to an aromatic ring is 1. The zero-order chi connectivity index (χ0) is 13.3. The fourth-order valence-electron chi connectivity index (χ4n) is 2.10. The van der Waals surface area contributed by atoms with E-state index in [1.54, 1.807) is 6.20 Å². The highest BCUT2D eigenvalue weighted by Crippen LogP contribution is 2.23. The predicted octanol–water partition coefficient (Wildman–Crippen LogP) is 1.38. The summed E-state index contributed by atoms with van der Waals surface area (Å²) >= 11 is 0. The Balaban J connectivity index is 2.09. The molecule has 2 rings (SSSR count). The van der Waals surface area contributed by atoms with E-state index in [1.807, 2.05) is 4.90 Å². The third-order valence-corrected chi connectivity index (χ3v) is 3.00. The molecule has 2 heterocycles. The molecule has 0 radical (unpaired) electrons. The summed E-state index contributed by atoms with van der Waals surface area (Å²) < 4.78 is 0. The second-order valence-electron chi connectivity index (χ2n) is 6.00. The van der Waals surface area contributed by atoms with Crippen molar-refractivity contribution in [3.63, 3.8) is 0 Å². The van der Waals surface area contributed by atoms with Crippen LogP contribution in [0.3, 0.4) is 0 Å². The van der Waals surface area contributed by atoms with E-state index < -0.39 is 0 Å². The minimum absolute atomic E-state index is 0.0159. The molecule has 0 spiro atoms. The number of rotatable bonds is 1. The minimum atomic E-state index is 0.0159. The summed E-state index contributed by atoms with van der Waals surface area (Å²) in [6, 6.07) is 0. The van der Waals surface area contributed by atoms with Gasteiger partial charge in [0.25, 0.3) is 0 Å². The van der Waals surface area contributed by atoms with Crippen molar-refractivity contribution in [3.8, 4) is 0 Å². The number of aromatic nitrogens is 2. The number of amides is 1. The third kappa shape index (κ3) is 2.97. The summed E-state index contributed by atoms with van der Waals surface area (Å²) in [5.41, 5.74) is 7.58. The summed E-state index contributed by atoms with van der Waals surface area (Å²) in [6.07, 6.45) is 3.14. The second-order valence-corrected chi connectivity index (χ2v) is 6.00. The first kappa shape index (κ1) is 12.8. The average molecular weight is 248 g/mol. The van der Waals surface area contributed by atoms with E-state index in [4.69, 9.17) is 5.73 Å². The molecule has 0 unspecified atom stereocenters. The normalized spacial score (nSPS) is 15.4. The van der Waals surface area contributed by atoms with E-state index in [2.05, 4.69) is 30.7 Å². The summed E-state index contributed by atoms with van der Waals surface area (Å²) in [7, 11) is 0. The van der Waals surface area contributed by atoms with E-state index in [0.29, 0.717) is 13.0 Å². The number of carbonyl (C=O) groups excluding carboxylic acids is 1. The standard InChI is InChI=1S/C13H20N4O/c1-13(2,3)6-11(18)17-5-4-9-7-15-12(14)16-10(9)8-17/h7H,4-6,8H2,1-3H3,(H2,14,15,16). The molecule has 0 aliphatic carbocycles. The number of nitrogens with zero attached hydrogens (tertiary/aromatic N) is 3. The number of fused-ring (bicyclic) bond motifs is 1. The van der Waals surface area contributed by atoms with Gasteiger partial charge in [0.2, 0.25) is 11.9 Å². The van der Waals surface area contributed by atoms with Crippen molar-refractivity contribution in [2.45, 2.75) is 40.2 Å². The molecular weight excluding hydrogens is 228 g/mol. The SMILES string of the molecule is CC(C)(C)CC(=O)N1CCc2cnc(N)nc2C1. The van der Waals surface area contributed by atoms with Crippen LogP contribution in [-0.2, 0) is 17.8 Å². The highest BCUT2D eigenvalue weighted by molar-refractivity contribution is 5.77. The Morgan fingerprint density at radius 3 is 2.89 bits per heavy atom. The molecule has 98 valence electrons. The molecule has 1 aromatic rings. The zero-order valence-electron chi connectivity index (χ0n) is 11.2. The molecule has 1 aliphatic heterocycles. The molecule has 5 heteroatoms. The van der Waals surface area contributed by atoms with Gasteiger partial charge in [-0.1, -0.05) is 20.8 Å². The fraction of sp³-hybridized carbons (Fsp3) is 0.615. The van der Waals surface area contributed by atoms with Crippen LogP contribution in [0.5, 0.6) is 0 Å². The molecular formula is C13H20N4O. The van der Waals surface area contributed by atoms with Crippen LogP contribution in [0.2, 0.25) is 0 Å². The van der Waals surface area contributed by atoms with Crippen molar-refractivity contribution in [3.05, 3.63) is 17.5 Å². The third-order valence-electron chi connectivity index (χ3n) is 3.00. The van der Waals surface area contributed by atoms with Crippen molar-refractivity contribution in [2.24, 2.45) is 5.41 Å². The van der Waals surface area contributed by atoms with Gasteiger partial charge in [0.1, 0.15) is 0 Å². The van der Waals surface area contributed by atoms with Gasteiger partial charge in [-0.3, -0.25) is 4.79 Å². The van der Waals surface area contributed by atoms with Gasteiger partial charge in [-0.15, -0.1) is 0 Å². The molecule has 0 bridgehead atoms. The van der Waals surface area contributed by atoms with Gasteiger partial charge in [-0.2, -0.15) is 0 Å². The molecule has 5 nitrogen and oxygen atoms in total. The van der Waals surface area contributed by atoms with E-state index >= 15 is 0 Å². The van der Waals surface area contributed by atoms with Crippen LogP contribution in [0.4, 0.5) is 5.95 Å². The molecule has 0 fully saturated rings. The average Bonchev–Trinajstić information content (AvgIpc) is 2.25. The Bertz CT molecular complexity index is 465. The van der Waals surface area contributed by atoms with Crippen molar-refractivity contribution >= 4 is 11.9 Å². The highest BCUT2D eigenvalue weighted by atomic mass is 16.2. The van der Waals surface area contributed by atoms with Gasteiger partial charge in [-0.25, -0.2) is 9.97 Å². The first-order chi connectivity index (χ1) is 8.35. The zero-order valence-corrected chi connectivity index (χ0v) is 11.2. The molecule has 1 amide bonds. The molecule has 0 saturated heterocycles. The maximum Gasteiger partial charge on any atom is 0.223 e. The maximum absolute atomic E-state index is 12.2.